The summed E-state index contributed by atoms with van der Waals surface area (Å²) in [6.07, 6.45) is 5.75. The first-order valence-corrected chi connectivity index (χ1v) is 7.65. The van der Waals surface area contributed by atoms with Crippen LogP contribution in [0.5, 0.6) is 0 Å². The minimum Gasteiger partial charge on any atom is -0.334 e. The molecule has 7 heteroatoms. The number of nitrogens with zero attached hydrogens (tertiary/aromatic N) is 5. The monoisotopic (exact) mass is 313 g/mol. The lowest BCUT2D eigenvalue weighted by atomic mass is 10.1. The molecule has 6 nitrogen and oxygen atoms in total. The molecule has 4 rings (SSSR count). The van der Waals surface area contributed by atoms with E-state index in [1.165, 1.54) is 17.5 Å². The zero-order valence-electron chi connectivity index (χ0n) is 12.7. The highest BCUT2D eigenvalue weighted by molar-refractivity contribution is 5.60. The second kappa shape index (κ2) is 5.57. The molecule has 118 valence electrons. The van der Waals surface area contributed by atoms with Crippen LogP contribution in [-0.2, 0) is 6.54 Å². The summed E-state index contributed by atoms with van der Waals surface area (Å²) < 4.78 is 19.2. The molecular formula is C16H16FN5O. The molecule has 23 heavy (non-hydrogen) atoms. The zero-order chi connectivity index (χ0) is 15.8. The summed E-state index contributed by atoms with van der Waals surface area (Å²) in [6, 6.07) is 4.02. The SMILES string of the molecule is Cc1nc(C2CC2)ccc1-c1nc(-c2cnn(CCF)c2)no1. The maximum absolute atomic E-state index is 12.3. The quantitative estimate of drug-likeness (QED) is 0.723. The van der Waals surface area contributed by atoms with Crippen LogP contribution in [-0.4, -0.2) is 31.6 Å². The van der Waals surface area contributed by atoms with Crippen LogP contribution in [0.25, 0.3) is 22.8 Å². The van der Waals surface area contributed by atoms with E-state index in [2.05, 4.69) is 20.2 Å². The molecule has 3 aromatic rings. The molecule has 1 aliphatic carbocycles. The molecule has 0 N–H and O–H groups in total. The number of rotatable bonds is 5. The molecule has 0 aromatic carbocycles. The van der Waals surface area contributed by atoms with E-state index in [0.29, 0.717) is 23.2 Å². The maximum atomic E-state index is 12.3. The van der Waals surface area contributed by atoms with Gasteiger partial charge in [0.05, 0.1) is 29.6 Å². The van der Waals surface area contributed by atoms with Crippen LogP contribution in [0, 0.1) is 6.92 Å². The Balaban J connectivity index is 1.61. The Morgan fingerprint density at radius 3 is 2.91 bits per heavy atom. The second-order valence-electron chi connectivity index (χ2n) is 5.75. The minimum atomic E-state index is -0.461. The van der Waals surface area contributed by atoms with Crippen LogP contribution >= 0.6 is 0 Å². The molecule has 0 bridgehead atoms. The summed E-state index contributed by atoms with van der Waals surface area (Å²) >= 11 is 0. The van der Waals surface area contributed by atoms with Crippen molar-refractivity contribution in [3.8, 4) is 22.8 Å². The Morgan fingerprint density at radius 1 is 1.30 bits per heavy atom. The molecule has 0 amide bonds. The summed E-state index contributed by atoms with van der Waals surface area (Å²) in [6.45, 7) is 1.71. The number of aromatic nitrogens is 5. The van der Waals surface area contributed by atoms with E-state index in [0.717, 1.165) is 17.0 Å². The normalized spacial score (nSPS) is 14.3. The zero-order valence-corrected chi connectivity index (χ0v) is 12.7. The van der Waals surface area contributed by atoms with Crippen molar-refractivity contribution < 1.29 is 8.91 Å². The molecule has 0 spiro atoms. The Hall–Kier alpha value is -2.57. The van der Waals surface area contributed by atoms with Gasteiger partial charge in [-0.05, 0) is 31.9 Å². The number of hydrogen-bond acceptors (Lipinski definition) is 5. The van der Waals surface area contributed by atoms with Crippen LogP contribution in [0.4, 0.5) is 4.39 Å². The molecule has 1 saturated carbocycles. The van der Waals surface area contributed by atoms with Gasteiger partial charge in [-0.25, -0.2) is 4.39 Å². The molecule has 0 radical (unpaired) electrons. The van der Waals surface area contributed by atoms with Crippen molar-refractivity contribution in [2.75, 3.05) is 6.67 Å². The van der Waals surface area contributed by atoms with Crippen molar-refractivity contribution in [1.82, 2.24) is 24.9 Å². The van der Waals surface area contributed by atoms with Gasteiger partial charge in [0.25, 0.3) is 5.89 Å². The fourth-order valence-electron chi connectivity index (χ4n) is 2.55. The van der Waals surface area contributed by atoms with Crippen LogP contribution < -0.4 is 0 Å². The van der Waals surface area contributed by atoms with Gasteiger partial charge in [-0.2, -0.15) is 10.1 Å². The summed E-state index contributed by atoms with van der Waals surface area (Å²) in [5, 5.41) is 8.05. The maximum Gasteiger partial charge on any atom is 0.260 e. The van der Waals surface area contributed by atoms with Crippen molar-refractivity contribution in [3.05, 3.63) is 35.9 Å². The summed E-state index contributed by atoms with van der Waals surface area (Å²) in [7, 11) is 0. The van der Waals surface area contributed by atoms with Crippen LogP contribution in [0.15, 0.2) is 29.0 Å². The third-order valence-corrected chi connectivity index (χ3v) is 3.96. The Bertz CT molecular complexity index is 837. The highest BCUT2D eigenvalue weighted by Gasteiger charge is 2.25. The van der Waals surface area contributed by atoms with Crippen molar-refractivity contribution in [2.24, 2.45) is 0 Å². The van der Waals surface area contributed by atoms with Gasteiger partial charge in [0, 0.05) is 17.8 Å². The summed E-state index contributed by atoms with van der Waals surface area (Å²) in [4.78, 5) is 9.05. The molecule has 0 saturated heterocycles. The highest BCUT2D eigenvalue weighted by atomic mass is 19.1. The topological polar surface area (TPSA) is 69.6 Å². The number of hydrogen-bond donors (Lipinski definition) is 0. The van der Waals surface area contributed by atoms with Gasteiger partial charge in [-0.15, -0.1) is 0 Å². The van der Waals surface area contributed by atoms with Gasteiger partial charge in [-0.1, -0.05) is 5.16 Å². The molecule has 0 unspecified atom stereocenters. The van der Waals surface area contributed by atoms with Crippen molar-refractivity contribution >= 4 is 0 Å². The average Bonchev–Trinajstić information content (AvgIpc) is 3.10. The third-order valence-electron chi connectivity index (χ3n) is 3.96. The fraction of sp³-hybridized carbons (Fsp3) is 0.375. The second-order valence-corrected chi connectivity index (χ2v) is 5.75. The van der Waals surface area contributed by atoms with E-state index >= 15 is 0 Å². The van der Waals surface area contributed by atoms with E-state index in [1.807, 2.05) is 19.1 Å². The van der Waals surface area contributed by atoms with Crippen LogP contribution in [0.3, 0.4) is 0 Å². The van der Waals surface area contributed by atoms with Gasteiger partial charge < -0.3 is 4.52 Å². The Morgan fingerprint density at radius 2 is 2.17 bits per heavy atom. The van der Waals surface area contributed by atoms with E-state index in [-0.39, 0.29) is 6.54 Å². The Kier molecular flexibility index (Phi) is 3.40. The van der Waals surface area contributed by atoms with Crippen LogP contribution in [0.2, 0.25) is 0 Å². The Labute approximate surface area is 132 Å². The van der Waals surface area contributed by atoms with Crippen molar-refractivity contribution in [2.45, 2.75) is 32.2 Å². The van der Waals surface area contributed by atoms with Gasteiger partial charge in [0.15, 0.2) is 0 Å². The van der Waals surface area contributed by atoms with Gasteiger partial charge >= 0.3 is 0 Å². The number of aryl methyl sites for hydroxylation is 2. The molecule has 1 fully saturated rings. The van der Waals surface area contributed by atoms with Crippen molar-refractivity contribution in [1.29, 1.82) is 0 Å². The smallest absolute Gasteiger partial charge is 0.260 e. The minimum absolute atomic E-state index is 0.219. The van der Waals surface area contributed by atoms with Crippen LogP contribution in [0.1, 0.15) is 30.1 Å². The lowest BCUT2D eigenvalue weighted by Crippen LogP contribution is -1.98. The van der Waals surface area contributed by atoms with E-state index in [1.54, 1.807) is 12.4 Å². The number of alkyl halides is 1. The number of pyridine rings is 1. The first-order chi connectivity index (χ1) is 11.2. The highest BCUT2D eigenvalue weighted by Crippen LogP contribution is 2.39. The van der Waals surface area contributed by atoms with E-state index in [4.69, 9.17) is 4.52 Å². The first-order valence-electron chi connectivity index (χ1n) is 7.65. The van der Waals surface area contributed by atoms with Crippen molar-refractivity contribution in [3.63, 3.8) is 0 Å². The first kappa shape index (κ1) is 14.0. The molecular weight excluding hydrogens is 297 g/mol. The fourth-order valence-corrected chi connectivity index (χ4v) is 2.55. The van der Waals surface area contributed by atoms with Gasteiger partial charge in [-0.3, -0.25) is 9.67 Å². The molecule has 0 atom stereocenters. The predicted molar refractivity (Wildman–Crippen MR) is 81.4 cm³/mol. The largest absolute Gasteiger partial charge is 0.334 e. The molecule has 3 aromatic heterocycles. The number of halogens is 1. The lowest BCUT2D eigenvalue weighted by molar-refractivity contribution is 0.427. The van der Waals surface area contributed by atoms with E-state index in [9.17, 15) is 4.39 Å². The molecule has 1 aliphatic rings. The summed E-state index contributed by atoms with van der Waals surface area (Å²) in [5.41, 5.74) is 3.56. The predicted octanol–water partition coefficient (Wildman–Crippen LogP) is 3.15. The van der Waals surface area contributed by atoms with Gasteiger partial charge in [0.2, 0.25) is 5.82 Å². The standard InChI is InChI=1S/C16H16FN5O/c1-10-13(4-5-14(19-10)11-2-3-11)16-20-15(21-23-16)12-8-18-22(9-12)7-6-17/h4-5,8-9,11H,2-3,6-7H2,1H3. The average molecular weight is 313 g/mol. The lowest BCUT2D eigenvalue weighted by Gasteiger charge is -2.03. The molecule has 0 aliphatic heterocycles. The third kappa shape index (κ3) is 2.74. The van der Waals surface area contributed by atoms with E-state index < -0.39 is 6.67 Å². The summed E-state index contributed by atoms with van der Waals surface area (Å²) in [5.74, 6) is 1.49. The van der Waals surface area contributed by atoms with Gasteiger partial charge in [0.1, 0.15) is 6.67 Å². The molecule has 3 heterocycles.